The zero-order valence-electron chi connectivity index (χ0n) is 21.7. The Labute approximate surface area is 224 Å². The highest BCUT2D eigenvalue weighted by atomic mass is 35.5. The number of rotatable bonds is 8. The Morgan fingerprint density at radius 1 is 1.22 bits per heavy atom. The average molecular weight is 522 g/mol. The zero-order valence-corrected chi connectivity index (χ0v) is 22.5. The molecular weight excluding hydrogens is 486 g/mol. The summed E-state index contributed by atoms with van der Waals surface area (Å²) in [6.07, 6.45) is 18.4. The van der Waals surface area contributed by atoms with E-state index in [4.69, 9.17) is 17.0 Å². The predicted octanol–water partition coefficient (Wildman–Crippen LogP) is 6.65. The molecule has 1 aromatic carbocycles. The third kappa shape index (κ3) is 11.5. The first-order valence-electron chi connectivity index (χ1n) is 12.1. The van der Waals surface area contributed by atoms with Crippen molar-refractivity contribution >= 4 is 29.5 Å². The topological polar surface area (TPSA) is 102 Å². The van der Waals surface area contributed by atoms with Gasteiger partial charge in [-0.3, -0.25) is 9.59 Å². The van der Waals surface area contributed by atoms with E-state index in [0.29, 0.717) is 36.5 Å². The summed E-state index contributed by atoms with van der Waals surface area (Å²) < 4.78 is 0. The molecule has 0 saturated carbocycles. The van der Waals surface area contributed by atoms with Gasteiger partial charge in [-0.1, -0.05) is 74.0 Å². The lowest BCUT2D eigenvalue weighted by molar-refractivity contribution is 0.0965. The Bertz CT molecular complexity index is 1130. The van der Waals surface area contributed by atoms with E-state index in [-0.39, 0.29) is 23.2 Å². The van der Waals surface area contributed by atoms with Crippen LogP contribution in [0.5, 0.6) is 0 Å². The summed E-state index contributed by atoms with van der Waals surface area (Å²) in [5.74, 6) is -0.490. The van der Waals surface area contributed by atoms with Crippen molar-refractivity contribution in [3.63, 3.8) is 0 Å². The van der Waals surface area contributed by atoms with E-state index < -0.39 is 0 Å². The Hall–Kier alpha value is -3.97. The van der Waals surface area contributed by atoms with Crippen molar-refractivity contribution in [3.8, 4) is 0 Å². The molecule has 8 heteroatoms. The number of imidazole rings is 1. The lowest BCUT2D eigenvalue weighted by atomic mass is 10.1. The lowest BCUT2D eigenvalue weighted by Gasteiger charge is -2.20. The number of hydrogen-bond donors (Lipinski definition) is 3. The van der Waals surface area contributed by atoms with Gasteiger partial charge in [0.05, 0.1) is 6.20 Å². The van der Waals surface area contributed by atoms with Gasteiger partial charge in [-0.2, -0.15) is 0 Å². The van der Waals surface area contributed by atoms with Crippen LogP contribution in [0.1, 0.15) is 60.3 Å². The maximum atomic E-state index is 13.1. The van der Waals surface area contributed by atoms with Crippen molar-refractivity contribution in [1.82, 2.24) is 20.2 Å². The maximum Gasteiger partial charge on any atom is 0.273 e. The number of halogens is 1. The highest BCUT2D eigenvalue weighted by Gasteiger charge is 2.18. The van der Waals surface area contributed by atoms with Crippen LogP contribution in [0.2, 0.25) is 5.02 Å². The van der Waals surface area contributed by atoms with E-state index >= 15 is 0 Å². The fourth-order valence-corrected chi connectivity index (χ4v) is 3.17. The number of aromatic amines is 1. The van der Waals surface area contributed by atoms with Crippen molar-refractivity contribution in [2.24, 2.45) is 0 Å². The first-order chi connectivity index (χ1) is 18.0. The second kappa shape index (κ2) is 18.3. The Balaban J connectivity index is 0.00000127. The number of carbonyl (C=O) groups excluding carboxylic acids is 2. The van der Waals surface area contributed by atoms with Crippen molar-refractivity contribution in [1.29, 1.82) is 5.41 Å². The minimum atomic E-state index is -0.367. The minimum Gasteiger partial charge on any atom is -0.369 e. The molecule has 0 unspecified atom stereocenters. The Morgan fingerprint density at radius 2 is 1.89 bits per heavy atom. The summed E-state index contributed by atoms with van der Waals surface area (Å²) in [5, 5.41) is 9.40. The Morgan fingerprint density at radius 3 is 2.57 bits per heavy atom. The lowest BCUT2D eigenvalue weighted by Crippen LogP contribution is -2.20. The largest absolute Gasteiger partial charge is 0.369 e. The van der Waals surface area contributed by atoms with Gasteiger partial charge in [0.25, 0.3) is 5.91 Å². The van der Waals surface area contributed by atoms with Crippen LogP contribution < -0.4 is 5.32 Å². The first kappa shape index (κ1) is 31.1. The van der Waals surface area contributed by atoms with Gasteiger partial charge in [0, 0.05) is 36.1 Å². The van der Waals surface area contributed by atoms with Crippen LogP contribution >= 0.6 is 11.6 Å². The number of aromatic nitrogens is 2. The van der Waals surface area contributed by atoms with Crippen molar-refractivity contribution < 1.29 is 9.59 Å². The van der Waals surface area contributed by atoms with Crippen molar-refractivity contribution in [2.75, 3.05) is 6.54 Å². The van der Waals surface area contributed by atoms with Gasteiger partial charge in [0.1, 0.15) is 5.69 Å². The van der Waals surface area contributed by atoms with Crippen LogP contribution in [0.4, 0.5) is 0 Å². The number of hydrogen-bond acceptors (Lipinski definition) is 5. The predicted molar refractivity (Wildman–Crippen MR) is 153 cm³/mol. The minimum absolute atomic E-state index is 0.128. The number of nitrogens with zero attached hydrogens (tertiary/aromatic N) is 2. The van der Waals surface area contributed by atoms with E-state index in [2.05, 4.69) is 26.8 Å². The molecule has 2 aromatic rings. The highest BCUT2D eigenvalue weighted by Crippen LogP contribution is 2.17. The first-order valence-corrected chi connectivity index (χ1v) is 12.5. The number of amides is 1. The van der Waals surface area contributed by atoms with Crippen molar-refractivity contribution in [2.45, 2.75) is 40.2 Å². The number of benzene rings is 1. The fraction of sp³-hybridized carbons (Fsp3) is 0.241. The fourth-order valence-electron chi connectivity index (χ4n) is 3.04. The molecule has 196 valence electrons. The van der Waals surface area contributed by atoms with E-state index in [1.54, 1.807) is 25.3 Å². The maximum absolute atomic E-state index is 13.1. The quantitative estimate of drug-likeness (QED) is 0.205. The summed E-state index contributed by atoms with van der Waals surface area (Å²) in [6.45, 7) is 10.6. The van der Waals surface area contributed by atoms with Gasteiger partial charge in [0.15, 0.2) is 5.82 Å². The summed E-state index contributed by atoms with van der Waals surface area (Å²) in [7, 11) is 0. The molecule has 0 radical (unpaired) electrons. The van der Waals surface area contributed by atoms with E-state index in [1.807, 2.05) is 68.6 Å². The number of allylic oxidation sites excluding steroid dienone is 6. The summed E-state index contributed by atoms with van der Waals surface area (Å²) >= 11 is 5.99. The molecule has 7 nitrogen and oxygen atoms in total. The van der Waals surface area contributed by atoms with Gasteiger partial charge in [0.2, 0.25) is 5.78 Å². The summed E-state index contributed by atoms with van der Waals surface area (Å²) in [5.41, 5.74) is 1.88. The van der Waals surface area contributed by atoms with Crippen LogP contribution in [0.15, 0.2) is 91.5 Å². The number of carbonyl (C=O) groups is 2. The van der Waals surface area contributed by atoms with Crippen molar-refractivity contribution in [3.05, 3.63) is 114 Å². The van der Waals surface area contributed by atoms with Crippen LogP contribution in [0.3, 0.4) is 0 Å². The molecule has 0 saturated heterocycles. The van der Waals surface area contributed by atoms with E-state index in [1.165, 1.54) is 12.4 Å². The molecule has 0 aliphatic carbocycles. The van der Waals surface area contributed by atoms with Crippen LogP contribution in [-0.2, 0) is 6.54 Å². The number of ketones is 1. The van der Waals surface area contributed by atoms with Gasteiger partial charge in [-0.25, -0.2) is 4.98 Å². The molecule has 3 rings (SSSR count). The molecular formula is C29H36ClN5O2. The highest BCUT2D eigenvalue weighted by molar-refractivity contribution is 6.30. The smallest absolute Gasteiger partial charge is 0.273 e. The number of Topliss-reactive ketones (excluding diaryl/α,β-unsaturated/α-hetero) is 1. The summed E-state index contributed by atoms with van der Waals surface area (Å²) in [6, 6.07) is 7.63. The van der Waals surface area contributed by atoms with Crippen LogP contribution in [0, 0.1) is 5.41 Å². The van der Waals surface area contributed by atoms with Crippen LogP contribution in [0.25, 0.3) is 0 Å². The Kier molecular flexibility index (Phi) is 15.4. The molecule has 3 N–H and O–H groups in total. The standard InChI is InChI=1S/C25H25ClN4O2.C2H5N.C2H6/c1-2-3-7-14-27-25(32)22-16-28-24(29-22)23(31)20-9-6-4-5-8-15-30(18-20)17-19-10-12-21(26)13-11-19;1-2-3;1-2/h2,4-8,10-14,16,18H,1,3,9,15,17H2,(H,27,32)(H,28,29);2-3H,1H3;1-2H3/b6-4-,8-5-,14-7+,20-18+;;. The number of nitrogens with one attached hydrogen (secondary N) is 3. The molecule has 0 bridgehead atoms. The normalized spacial score (nSPS) is 15.7. The SMILES string of the molecule is C=CC/C=C/NC(=O)c1cnc(C(=O)/C2=C/N(Cc3ccc(Cl)cc3)C/C=C\C=C/C2)[nH]1.CC.CC=N. The average Bonchev–Trinajstić information content (AvgIpc) is 3.43. The molecule has 1 aromatic heterocycles. The van der Waals surface area contributed by atoms with Gasteiger partial charge >= 0.3 is 0 Å². The number of H-pyrrole nitrogens is 1. The molecule has 0 atom stereocenters. The zero-order chi connectivity index (χ0) is 27.5. The van der Waals surface area contributed by atoms with Gasteiger partial charge in [-0.15, -0.1) is 6.58 Å². The van der Waals surface area contributed by atoms with E-state index in [9.17, 15) is 9.59 Å². The molecule has 0 fully saturated rings. The molecule has 37 heavy (non-hydrogen) atoms. The molecule has 1 amide bonds. The second-order valence-electron chi connectivity index (χ2n) is 7.43. The monoisotopic (exact) mass is 521 g/mol. The van der Waals surface area contributed by atoms with Crippen LogP contribution in [-0.4, -0.2) is 39.3 Å². The third-order valence-corrected chi connectivity index (χ3v) is 4.91. The molecule has 2 heterocycles. The molecule has 1 aliphatic heterocycles. The molecule has 0 spiro atoms. The van der Waals surface area contributed by atoms with Gasteiger partial charge < -0.3 is 20.6 Å². The van der Waals surface area contributed by atoms with E-state index in [0.717, 1.165) is 5.56 Å². The summed E-state index contributed by atoms with van der Waals surface area (Å²) in [4.78, 5) is 34.4. The second-order valence-corrected chi connectivity index (χ2v) is 7.87. The molecule has 1 aliphatic rings. The third-order valence-electron chi connectivity index (χ3n) is 4.66. The van der Waals surface area contributed by atoms with Gasteiger partial charge in [-0.05, 0) is 43.7 Å².